The van der Waals surface area contributed by atoms with Gasteiger partial charge in [0.05, 0.1) is 23.2 Å². The first-order valence-corrected chi connectivity index (χ1v) is 14.0. The monoisotopic (exact) mass is 612 g/mol. The molecule has 3 aromatic carbocycles. The van der Waals surface area contributed by atoms with Crippen molar-refractivity contribution < 1.29 is 31.7 Å². The Hall–Kier alpha value is -4.14. The molecule has 202 valence electrons. The van der Waals surface area contributed by atoms with E-state index in [4.69, 9.17) is 13.7 Å². The Morgan fingerprint density at radius 3 is 2.28 bits per heavy atom. The molecule has 9 nitrogen and oxygen atoms in total. The highest BCUT2D eigenvalue weighted by Gasteiger charge is 2.22. The first-order chi connectivity index (χ1) is 18.6. The minimum absolute atomic E-state index is 0.0230. The number of hydrogen-bond donors (Lipinski definition) is 1. The Balaban J connectivity index is 1.86. The average Bonchev–Trinajstić information content (AvgIpc) is 2.90. The van der Waals surface area contributed by atoms with E-state index in [1.165, 1.54) is 54.6 Å². The zero-order valence-corrected chi connectivity index (χ0v) is 23.8. The lowest BCUT2D eigenvalue weighted by Gasteiger charge is -2.15. The summed E-state index contributed by atoms with van der Waals surface area (Å²) in [5, 5.41) is 12.2. The number of anilines is 1. The predicted molar refractivity (Wildman–Crippen MR) is 149 cm³/mol. The van der Waals surface area contributed by atoms with Crippen LogP contribution in [0.15, 0.2) is 75.6 Å². The normalized spacial score (nSPS) is 11.3. The second-order valence-electron chi connectivity index (χ2n) is 8.04. The molecule has 0 unspecified atom stereocenters. The highest BCUT2D eigenvalue weighted by Crippen LogP contribution is 2.39. The zero-order chi connectivity index (χ0) is 28.6. The molecule has 1 N–H and O–H groups in total. The standard InChI is InChI=1S/C28H25BrN2O7S/c1-4-36-25-16-19(15-24(29)26(25)38-39(34,35)23-12-6-18(3)7-13-23)14-21(17-30)27(32)31-22-10-8-20(9-11-22)28(33)37-5-2/h6-16H,4-5H2,1-3H3,(H,31,32)/b21-14+. The zero-order valence-electron chi connectivity index (χ0n) is 21.4. The first kappa shape index (κ1) is 29.4. The summed E-state index contributed by atoms with van der Waals surface area (Å²) in [4.78, 5) is 24.5. The molecular weight excluding hydrogens is 588 g/mol. The molecular formula is C28H25BrN2O7S. The van der Waals surface area contributed by atoms with Crippen LogP contribution in [-0.4, -0.2) is 33.5 Å². The van der Waals surface area contributed by atoms with Gasteiger partial charge in [0.25, 0.3) is 5.91 Å². The fraction of sp³-hybridized carbons (Fsp3) is 0.179. The van der Waals surface area contributed by atoms with Crippen LogP contribution in [0.5, 0.6) is 11.5 Å². The summed E-state index contributed by atoms with van der Waals surface area (Å²) in [6.07, 6.45) is 1.33. The number of rotatable bonds is 10. The molecule has 3 aromatic rings. The number of benzene rings is 3. The third-order valence-corrected chi connectivity index (χ3v) is 6.99. The third-order valence-electron chi connectivity index (χ3n) is 5.16. The summed E-state index contributed by atoms with van der Waals surface area (Å²) in [5.74, 6) is -1.14. The Morgan fingerprint density at radius 2 is 1.69 bits per heavy atom. The summed E-state index contributed by atoms with van der Waals surface area (Å²) in [5.41, 5.74) is 1.75. The summed E-state index contributed by atoms with van der Waals surface area (Å²) in [6.45, 7) is 5.70. The van der Waals surface area contributed by atoms with Crippen LogP contribution >= 0.6 is 15.9 Å². The number of carbonyl (C=O) groups excluding carboxylic acids is 2. The number of nitriles is 1. The van der Waals surface area contributed by atoms with Crippen LogP contribution < -0.4 is 14.2 Å². The van der Waals surface area contributed by atoms with Crippen molar-refractivity contribution >= 4 is 49.7 Å². The van der Waals surface area contributed by atoms with Gasteiger partial charge < -0.3 is 19.0 Å². The Morgan fingerprint density at radius 1 is 1.03 bits per heavy atom. The molecule has 0 aromatic heterocycles. The number of hydrogen-bond acceptors (Lipinski definition) is 8. The fourth-order valence-electron chi connectivity index (χ4n) is 3.30. The first-order valence-electron chi connectivity index (χ1n) is 11.8. The number of aryl methyl sites for hydroxylation is 1. The summed E-state index contributed by atoms with van der Waals surface area (Å²) >= 11 is 3.32. The molecule has 0 aliphatic heterocycles. The number of ether oxygens (including phenoxy) is 2. The van der Waals surface area contributed by atoms with E-state index in [2.05, 4.69) is 21.2 Å². The van der Waals surface area contributed by atoms with E-state index in [-0.39, 0.29) is 39.7 Å². The number of amides is 1. The lowest BCUT2D eigenvalue weighted by atomic mass is 10.1. The highest BCUT2D eigenvalue weighted by molar-refractivity contribution is 9.10. The van der Waals surface area contributed by atoms with E-state index in [1.807, 2.05) is 13.0 Å². The van der Waals surface area contributed by atoms with Crippen molar-refractivity contribution in [2.75, 3.05) is 18.5 Å². The fourth-order valence-corrected chi connectivity index (χ4v) is 4.90. The van der Waals surface area contributed by atoms with Crippen molar-refractivity contribution in [2.45, 2.75) is 25.7 Å². The maximum absolute atomic E-state index is 12.9. The number of carbonyl (C=O) groups is 2. The van der Waals surface area contributed by atoms with Gasteiger partial charge in [0.2, 0.25) is 0 Å². The minimum atomic E-state index is -4.16. The Labute approximate surface area is 235 Å². The van der Waals surface area contributed by atoms with Crippen molar-refractivity contribution in [1.29, 1.82) is 5.26 Å². The summed E-state index contributed by atoms with van der Waals surface area (Å²) in [6, 6.07) is 17.1. The molecule has 0 aliphatic rings. The quantitative estimate of drug-likeness (QED) is 0.134. The van der Waals surface area contributed by atoms with E-state index in [1.54, 1.807) is 26.0 Å². The molecule has 0 saturated carbocycles. The van der Waals surface area contributed by atoms with Crippen LogP contribution in [0.25, 0.3) is 6.08 Å². The van der Waals surface area contributed by atoms with Crippen LogP contribution in [0.2, 0.25) is 0 Å². The van der Waals surface area contributed by atoms with Crippen molar-refractivity contribution in [2.24, 2.45) is 0 Å². The molecule has 0 heterocycles. The van der Waals surface area contributed by atoms with Gasteiger partial charge in [-0.15, -0.1) is 0 Å². The van der Waals surface area contributed by atoms with E-state index in [9.17, 15) is 23.3 Å². The predicted octanol–water partition coefficient (Wildman–Crippen LogP) is 5.65. The van der Waals surface area contributed by atoms with E-state index >= 15 is 0 Å². The smallest absolute Gasteiger partial charge is 0.339 e. The SMILES string of the molecule is CCOC(=O)c1ccc(NC(=O)/C(C#N)=C/c2cc(Br)c(OS(=O)(=O)c3ccc(C)cc3)c(OCC)c2)cc1. The number of nitrogens with one attached hydrogen (secondary N) is 1. The van der Waals surface area contributed by atoms with Crippen LogP contribution in [0, 0.1) is 18.3 Å². The Kier molecular flexibility index (Phi) is 9.87. The van der Waals surface area contributed by atoms with Crippen LogP contribution in [0.3, 0.4) is 0 Å². The van der Waals surface area contributed by atoms with Crippen molar-refractivity contribution in [1.82, 2.24) is 0 Å². The maximum atomic E-state index is 12.9. The maximum Gasteiger partial charge on any atom is 0.339 e. The lowest BCUT2D eigenvalue weighted by molar-refractivity contribution is -0.112. The van der Waals surface area contributed by atoms with E-state index in [0.717, 1.165) is 5.56 Å². The molecule has 3 rings (SSSR count). The third kappa shape index (κ3) is 7.69. The van der Waals surface area contributed by atoms with Gasteiger partial charge in [0.1, 0.15) is 16.5 Å². The van der Waals surface area contributed by atoms with Crippen molar-refractivity contribution in [3.63, 3.8) is 0 Å². The van der Waals surface area contributed by atoms with Gasteiger partial charge in [-0.25, -0.2) is 4.79 Å². The molecule has 0 atom stereocenters. The molecule has 0 aliphatic carbocycles. The number of halogens is 1. The second-order valence-corrected chi connectivity index (χ2v) is 10.4. The number of esters is 1. The topological polar surface area (TPSA) is 132 Å². The summed E-state index contributed by atoms with van der Waals surface area (Å²) < 4.78 is 41.9. The van der Waals surface area contributed by atoms with Crippen LogP contribution in [-0.2, 0) is 19.6 Å². The molecule has 11 heteroatoms. The second kappa shape index (κ2) is 13.1. The molecule has 1 amide bonds. The van der Waals surface area contributed by atoms with Gasteiger partial charge in [0, 0.05) is 5.69 Å². The summed E-state index contributed by atoms with van der Waals surface area (Å²) in [7, 11) is -4.16. The van der Waals surface area contributed by atoms with Gasteiger partial charge in [-0.05, 0) is 96.9 Å². The van der Waals surface area contributed by atoms with Crippen molar-refractivity contribution in [3.05, 3.63) is 87.4 Å². The largest absolute Gasteiger partial charge is 0.490 e. The van der Waals surface area contributed by atoms with Gasteiger partial charge in [0.15, 0.2) is 11.5 Å². The molecule has 0 spiro atoms. The van der Waals surface area contributed by atoms with Gasteiger partial charge in [-0.3, -0.25) is 4.79 Å². The molecule has 39 heavy (non-hydrogen) atoms. The van der Waals surface area contributed by atoms with Crippen LogP contribution in [0.1, 0.15) is 35.3 Å². The average molecular weight is 613 g/mol. The van der Waals surface area contributed by atoms with E-state index < -0.39 is 22.0 Å². The Bertz CT molecular complexity index is 1540. The van der Waals surface area contributed by atoms with Crippen molar-refractivity contribution in [3.8, 4) is 17.6 Å². The molecule has 0 bridgehead atoms. The van der Waals surface area contributed by atoms with Gasteiger partial charge in [-0.2, -0.15) is 13.7 Å². The van der Waals surface area contributed by atoms with Gasteiger partial charge >= 0.3 is 16.1 Å². The lowest BCUT2D eigenvalue weighted by Crippen LogP contribution is -2.14. The van der Waals surface area contributed by atoms with Crippen LogP contribution in [0.4, 0.5) is 5.69 Å². The van der Waals surface area contributed by atoms with E-state index in [0.29, 0.717) is 16.8 Å². The number of nitrogens with zero attached hydrogens (tertiary/aromatic N) is 1. The minimum Gasteiger partial charge on any atom is -0.490 e. The highest BCUT2D eigenvalue weighted by atomic mass is 79.9. The molecule has 0 radical (unpaired) electrons. The van der Waals surface area contributed by atoms with Gasteiger partial charge in [-0.1, -0.05) is 17.7 Å². The molecule has 0 saturated heterocycles. The molecule has 0 fully saturated rings.